The fourth-order valence-electron chi connectivity index (χ4n) is 4.08. The number of carbonyl (C=O) groups is 1. The van der Waals surface area contributed by atoms with Crippen molar-refractivity contribution in [1.29, 1.82) is 0 Å². The van der Waals surface area contributed by atoms with Crippen LogP contribution >= 0.6 is 11.6 Å². The molecule has 1 amide bonds. The molecule has 0 unspecified atom stereocenters. The predicted octanol–water partition coefficient (Wildman–Crippen LogP) is 3.22. The molecule has 0 radical (unpaired) electrons. The number of halogens is 1. The smallest absolute Gasteiger partial charge is 0.204 e. The van der Waals surface area contributed by atoms with Crippen LogP contribution in [-0.4, -0.2) is 37.0 Å². The Morgan fingerprint density at radius 3 is 2.52 bits per heavy atom. The number of allylic oxidation sites excluding steroid dienone is 2. The van der Waals surface area contributed by atoms with Gasteiger partial charge in [-0.05, 0) is 31.9 Å². The van der Waals surface area contributed by atoms with Gasteiger partial charge in [0.05, 0.1) is 36.8 Å². The summed E-state index contributed by atoms with van der Waals surface area (Å²) in [6, 6.07) is 5.88. The van der Waals surface area contributed by atoms with Crippen molar-refractivity contribution in [3.8, 4) is 16.9 Å². The minimum absolute atomic E-state index is 0.0780. The van der Waals surface area contributed by atoms with E-state index in [1.54, 1.807) is 27.2 Å². The lowest BCUT2D eigenvalue weighted by molar-refractivity contribution is -0.106. The average molecular weight is 477 g/mol. The summed E-state index contributed by atoms with van der Waals surface area (Å²) in [4.78, 5) is 8.58. The van der Waals surface area contributed by atoms with Crippen LogP contribution in [0.25, 0.3) is 11.1 Å². The van der Waals surface area contributed by atoms with E-state index < -0.39 is 0 Å². The summed E-state index contributed by atoms with van der Waals surface area (Å²) in [6.07, 6.45) is 10.3. The Kier molecular flexibility index (Phi) is 9.62. The van der Waals surface area contributed by atoms with Gasteiger partial charge in [-0.15, -0.1) is 0 Å². The van der Waals surface area contributed by atoms with E-state index >= 15 is 0 Å². The maximum atomic E-state index is 8.58. The second kappa shape index (κ2) is 12.2. The van der Waals surface area contributed by atoms with E-state index in [1.807, 2.05) is 24.4 Å². The Hall–Kier alpha value is -3.17. The fourth-order valence-corrected chi connectivity index (χ4v) is 4.19. The van der Waals surface area contributed by atoms with Crippen LogP contribution in [-0.2, 0) is 15.1 Å². The number of benzene rings is 1. The summed E-state index contributed by atoms with van der Waals surface area (Å²) in [7, 11) is 3.39. The number of amides is 1. The number of para-hydroxylation sites is 1. The predicted molar refractivity (Wildman–Crippen MR) is 131 cm³/mol. The van der Waals surface area contributed by atoms with Gasteiger partial charge in [0.25, 0.3) is 0 Å². The number of carbonyl (C=O) groups excluding carboxylic acids is 1. The number of aromatic nitrogens is 2. The van der Waals surface area contributed by atoms with Crippen molar-refractivity contribution in [1.82, 2.24) is 9.78 Å². The number of primary amides is 1. The Morgan fingerprint density at radius 1 is 1.30 bits per heavy atom. The van der Waals surface area contributed by atoms with Gasteiger partial charge in [0.2, 0.25) is 6.41 Å². The van der Waals surface area contributed by atoms with E-state index in [4.69, 9.17) is 37.3 Å². The maximum absolute atomic E-state index is 8.58. The number of hydrogen-bond acceptors (Lipinski definition) is 7. The molecular formula is C23H33ClN6O3. The molecule has 33 heavy (non-hydrogen) atoms. The maximum Gasteiger partial charge on any atom is 0.204 e. The van der Waals surface area contributed by atoms with Crippen LogP contribution in [0.4, 0.5) is 5.69 Å². The third-order valence-corrected chi connectivity index (χ3v) is 5.63. The molecule has 7 N–H and O–H groups in total. The normalized spacial score (nSPS) is 15.8. The highest BCUT2D eigenvalue weighted by molar-refractivity contribution is 6.29. The molecule has 2 aromatic rings. The lowest BCUT2D eigenvalue weighted by Gasteiger charge is -2.28. The van der Waals surface area contributed by atoms with Crippen molar-refractivity contribution < 1.29 is 14.3 Å². The van der Waals surface area contributed by atoms with Crippen LogP contribution in [0.5, 0.6) is 5.75 Å². The zero-order valence-electron chi connectivity index (χ0n) is 19.3. The van der Waals surface area contributed by atoms with Gasteiger partial charge in [0, 0.05) is 30.1 Å². The molecule has 9 nitrogen and oxygen atoms in total. The number of hydrogen-bond donors (Lipinski definition) is 4. The van der Waals surface area contributed by atoms with Crippen LogP contribution < -0.4 is 27.3 Å². The minimum atomic E-state index is -0.0780. The van der Waals surface area contributed by atoms with E-state index in [-0.39, 0.29) is 17.1 Å². The zero-order chi connectivity index (χ0) is 24.4. The summed E-state index contributed by atoms with van der Waals surface area (Å²) in [5.74, 6) is 0.685. The van der Waals surface area contributed by atoms with Crippen LogP contribution in [0, 0.1) is 0 Å². The molecule has 1 fully saturated rings. The number of rotatable bonds is 8. The largest absolute Gasteiger partial charge is 0.494 e. The molecule has 180 valence electrons. The van der Waals surface area contributed by atoms with Crippen molar-refractivity contribution in [2.24, 2.45) is 17.2 Å². The number of nitrogens with one attached hydrogen (secondary N) is 1. The number of ether oxygens (including phenoxy) is 2. The van der Waals surface area contributed by atoms with Crippen molar-refractivity contribution in [2.75, 3.05) is 26.1 Å². The van der Waals surface area contributed by atoms with Crippen molar-refractivity contribution in [2.45, 2.75) is 38.1 Å². The standard InChI is InChI=1S/C22H30ClN5O2.CH3NO/c1-15(24)19(11-20(23)25)27-18-8-6-7-17(21(18)30-3)16-12-26-28(13-16)22(14-29-2)9-4-5-10-22;2-1-3/h6-8,11-13,27H,4-5,9-10,14,24-25H2,1-3H3;1H,(H2,2,3)/b19-15+,20-11-;. The highest BCUT2D eigenvalue weighted by Crippen LogP contribution is 2.40. The van der Waals surface area contributed by atoms with Gasteiger partial charge in [0.15, 0.2) is 0 Å². The quantitative estimate of drug-likeness (QED) is 0.260. The Bertz CT molecular complexity index is 988. The zero-order valence-corrected chi connectivity index (χ0v) is 20.1. The van der Waals surface area contributed by atoms with Crippen LogP contribution in [0.3, 0.4) is 0 Å². The minimum Gasteiger partial charge on any atom is -0.494 e. The summed E-state index contributed by atoms with van der Waals surface area (Å²) in [5, 5.41) is 8.10. The molecule has 1 aliphatic carbocycles. The van der Waals surface area contributed by atoms with E-state index in [1.165, 1.54) is 12.8 Å². The third-order valence-electron chi connectivity index (χ3n) is 5.52. The molecule has 0 bridgehead atoms. The summed E-state index contributed by atoms with van der Waals surface area (Å²) >= 11 is 5.84. The average Bonchev–Trinajstić information content (AvgIpc) is 3.44. The lowest BCUT2D eigenvalue weighted by Crippen LogP contribution is -2.35. The molecular weight excluding hydrogens is 444 g/mol. The first-order valence-electron chi connectivity index (χ1n) is 10.5. The molecule has 1 aliphatic rings. The number of nitrogens with two attached hydrogens (primary N) is 3. The van der Waals surface area contributed by atoms with Gasteiger partial charge in [0.1, 0.15) is 10.9 Å². The van der Waals surface area contributed by atoms with Crippen LogP contribution in [0.1, 0.15) is 32.6 Å². The fraction of sp³-hybridized carbons (Fsp3) is 0.391. The molecule has 1 aromatic carbocycles. The van der Waals surface area contributed by atoms with E-state index in [9.17, 15) is 0 Å². The molecule has 3 rings (SSSR count). The van der Waals surface area contributed by atoms with Crippen molar-refractivity contribution >= 4 is 23.7 Å². The summed E-state index contributed by atoms with van der Waals surface area (Å²) < 4.78 is 13.3. The van der Waals surface area contributed by atoms with E-state index in [2.05, 4.69) is 27.0 Å². The molecule has 10 heteroatoms. The molecule has 0 spiro atoms. The van der Waals surface area contributed by atoms with E-state index in [0.29, 0.717) is 23.8 Å². The summed E-state index contributed by atoms with van der Waals surface area (Å²) in [5.41, 5.74) is 19.5. The van der Waals surface area contributed by atoms with Gasteiger partial charge in [-0.2, -0.15) is 5.10 Å². The Morgan fingerprint density at radius 2 is 1.97 bits per heavy atom. The second-order valence-corrected chi connectivity index (χ2v) is 8.25. The monoisotopic (exact) mass is 476 g/mol. The second-order valence-electron chi connectivity index (χ2n) is 7.81. The van der Waals surface area contributed by atoms with Crippen LogP contribution in [0.2, 0.25) is 0 Å². The molecule has 0 atom stereocenters. The van der Waals surface area contributed by atoms with Crippen molar-refractivity contribution in [3.63, 3.8) is 0 Å². The Balaban J connectivity index is 0.00000122. The van der Waals surface area contributed by atoms with Crippen LogP contribution in [0.15, 0.2) is 53.2 Å². The summed E-state index contributed by atoms with van der Waals surface area (Å²) in [6.45, 7) is 2.43. The number of anilines is 1. The number of methoxy groups -OCH3 is 2. The van der Waals surface area contributed by atoms with Gasteiger partial charge < -0.3 is 32.0 Å². The van der Waals surface area contributed by atoms with Gasteiger partial charge >= 0.3 is 0 Å². The first-order valence-corrected chi connectivity index (χ1v) is 10.9. The molecule has 1 heterocycles. The lowest BCUT2D eigenvalue weighted by atomic mass is 9.99. The SMILES string of the molecule is COCC1(n2cc(-c3cccc(NC(/C=C(\N)Cl)=C(\C)N)c3OC)cn2)CCCC1.NC=O. The van der Waals surface area contributed by atoms with Crippen molar-refractivity contribution in [3.05, 3.63) is 53.2 Å². The molecule has 0 aliphatic heterocycles. The highest BCUT2D eigenvalue weighted by Gasteiger charge is 2.36. The van der Waals surface area contributed by atoms with E-state index in [0.717, 1.165) is 29.7 Å². The molecule has 0 saturated heterocycles. The Labute approximate surface area is 199 Å². The van der Waals surface area contributed by atoms with Gasteiger partial charge in [-0.3, -0.25) is 9.48 Å². The highest BCUT2D eigenvalue weighted by atomic mass is 35.5. The van der Waals surface area contributed by atoms with Gasteiger partial charge in [-0.1, -0.05) is 36.6 Å². The third kappa shape index (κ3) is 6.43. The molecule has 1 aromatic heterocycles. The molecule has 1 saturated carbocycles. The van der Waals surface area contributed by atoms with Gasteiger partial charge in [-0.25, -0.2) is 0 Å². The number of nitrogens with zero attached hydrogens (tertiary/aromatic N) is 2. The first-order chi connectivity index (χ1) is 15.8. The topological polar surface area (TPSA) is 143 Å². The first kappa shape index (κ1) is 26.1.